The Kier molecular flexibility index (Phi) is 5.00. The summed E-state index contributed by atoms with van der Waals surface area (Å²) in [6.45, 7) is 8.16. The predicted molar refractivity (Wildman–Crippen MR) is 63.8 cm³/mol. The van der Waals surface area contributed by atoms with E-state index in [1.807, 2.05) is 19.9 Å². The van der Waals surface area contributed by atoms with E-state index < -0.39 is 0 Å². The van der Waals surface area contributed by atoms with E-state index in [1.165, 1.54) is 16.5 Å². The second-order valence-corrected chi connectivity index (χ2v) is 2.86. The Hall–Kier alpha value is -1.24. The van der Waals surface area contributed by atoms with Crippen LogP contribution in [-0.2, 0) is 0 Å². The van der Waals surface area contributed by atoms with Crippen molar-refractivity contribution in [2.75, 3.05) is 0 Å². The minimum Gasteiger partial charge on any atom is -0.464 e. The second kappa shape index (κ2) is 5.48. The third-order valence-corrected chi connectivity index (χ3v) is 2.03. The highest BCUT2D eigenvalue weighted by atomic mass is 16.3. The fourth-order valence-corrected chi connectivity index (χ4v) is 1.34. The number of furan rings is 1. The lowest BCUT2D eigenvalue weighted by Gasteiger charge is -1.96. The summed E-state index contributed by atoms with van der Waals surface area (Å²) in [7, 11) is 0. The minimum absolute atomic E-state index is 0. The highest BCUT2D eigenvalue weighted by Crippen LogP contribution is 2.22. The summed E-state index contributed by atoms with van der Waals surface area (Å²) in [4.78, 5) is 0. The Morgan fingerprint density at radius 3 is 2.07 bits per heavy atom. The summed E-state index contributed by atoms with van der Waals surface area (Å²) in [5.41, 5.74) is 3.50. The van der Waals surface area contributed by atoms with E-state index in [9.17, 15) is 0 Å². The molecule has 0 unspecified atom stereocenters. The Labute approximate surface area is 86.7 Å². The fraction of sp³-hybridized carbons (Fsp3) is 0.385. The van der Waals surface area contributed by atoms with Gasteiger partial charge in [0.25, 0.3) is 0 Å². The van der Waals surface area contributed by atoms with Crippen molar-refractivity contribution in [1.29, 1.82) is 0 Å². The molecule has 2 aromatic rings. The van der Waals surface area contributed by atoms with Crippen molar-refractivity contribution in [3.63, 3.8) is 0 Å². The number of fused-ring (bicyclic) bond motifs is 1. The molecule has 1 heterocycles. The molecule has 1 aromatic carbocycles. The lowest BCUT2D eigenvalue weighted by atomic mass is 10.1. The van der Waals surface area contributed by atoms with Crippen molar-refractivity contribution >= 4 is 11.0 Å². The molecule has 0 bridgehead atoms. The topological polar surface area (TPSA) is 13.1 Å². The predicted octanol–water partition coefficient (Wildman–Crippen LogP) is 4.71. The Morgan fingerprint density at radius 1 is 0.929 bits per heavy atom. The Bertz CT molecular complexity index is 349. The minimum atomic E-state index is 0. The molecule has 0 aliphatic rings. The molecule has 14 heavy (non-hydrogen) atoms. The van der Waals surface area contributed by atoms with E-state index in [0.29, 0.717) is 0 Å². The van der Waals surface area contributed by atoms with Gasteiger partial charge in [-0.2, -0.15) is 0 Å². The first-order valence-corrected chi connectivity index (χ1v) is 4.72. The van der Waals surface area contributed by atoms with Gasteiger partial charge in [0.1, 0.15) is 5.58 Å². The van der Waals surface area contributed by atoms with Crippen LogP contribution in [0.4, 0.5) is 0 Å². The van der Waals surface area contributed by atoms with Crippen LogP contribution in [0, 0.1) is 13.8 Å². The van der Waals surface area contributed by atoms with Crippen LogP contribution in [-0.4, -0.2) is 0 Å². The van der Waals surface area contributed by atoms with Gasteiger partial charge >= 0.3 is 0 Å². The van der Waals surface area contributed by atoms with E-state index in [-0.39, 0.29) is 7.43 Å². The van der Waals surface area contributed by atoms with Gasteiger partial charge in [-0.25, -0.2) is 0 Å². The molecular formula is C13H20O. The lowest BCUT2D eigenvalue weighted by molar-refractivity contribution is 0.613. The lowest BCUT2D eigenvalue weighted by Crippen LogP contribution is -1.76. The van der Waals surface area contributed by atoms with Crippen molar-refractivity contribution in [3.05, 3.63) is 35.6 Å². The molecule has 0 saturated carbocycles. The van der Waals surface area contributed by atoms with Gasteiger partial charge in [0, 0.05) is 5.39 Å². The number of benzene rings is 1. The average molecular weight is 192 g/mol. The molecule has 0 radical (unpaired) electrons. The van der Waals surface area contributed by atoms with Crippen molar-refractivity contribution in [3.8, 4) is 0 Å². The van der Waals surface area contributed by atoms with E-state index in [2.05, 4.69) is 26.0 Å². The summed E-state index contributed by atoms with van der Waals surface area (Å²) >= 11 is 0. The molecule has 1 aromatic heterocycles. The largest absolute Gasteiger partial charge is 0.464 e. The second-order valence-electron chi connectivity index (χ2n) is 2.86. The fourth-order valence-electron chi connectivity index (χ4n) is 1.34. The van der Waals surface area contributed by atoms with Crippen LogP contribution in [0.1, 0.15) is 32.4 Å². The SMILES string of the molecule is C.CC.Cc1ccc(C)c2occc12. The van der Waals surface area contributed by atoms with Crippen LogP contribution in [0.3, 0.4) is 0 Å². The van der Waals surface area contributed by atoms with Crippen molar-refractivity contribution in [1.82, 2.24) is 0 Å². The summed E-state index contributed by atoms with van der Waals surface area (Å²) < 4.78 is 5.33. The quantitative estimate of drug-likeness (QED) is 0.589. The zero-order valence-electron chi connectivity index (χ0n) is 8.72. The summed E-state index contributed by atoms with van der Waals surface area (Å²) in [6, 6.07) is 6.21. The van der Waals surface area contributed by atoms with E-state index >= 15 is 0 Å². The standard InChI is InChI=1S/C10H10O.C2H6.CH4/c1-7-3-4-8(2)10-9(7)5-6-11-10;1-2;/h3-6H,1-2H3;1-2H3;1H4. The van der Waals surface area contributed by atoms with Gasteiger partial charge < -0.3 is 4.42 Å². The smallest absolute Gasteiger partial charge is 0.137 e. The van der Waals surface area contributed by atoms with E-state index in [0.717, 1.165) is 5.58 Å². The number of hydrogen-bond donors (Lipinski definition) is 0. The maximum Gasteiger partial charge on any atom is 0.137 e. The number of rotatable bonds is 0. The zero-order valence-corrected chi connectivity index (χ0v) is 8.72. The molecule has 0 spiro atoms. The average Bonchev–Trinajstić information content (AvgIpc) is 2.64. The first kappa shape index (κ1) is 12.8. The van der Waals surface area contributed by atoms with Crippen LogP contribution in [0.25, 0.3) is 11.0 Å². The Balaban J connectivity index is 0.000000531. The van der Waals surface area contributed by atoms with Gasteiger partial charge in [0.15, 0.2) is 0 Å². The first-order valence-electron chi connectivity index (χ1n) is 4.72. The zero-order chi connectivity index (χ0) is 9.84. The molecule has 0 atom stereocenters. The number of hydrogen-bond acceptors (Lipinski definition) is 1. The third-order valence-electron chi connectivity index (χ3n) is 2.03. The monoisotopic (exact) mass is 192 g/mol. The first-order chi connectivity index (χ1) is 6.29. The third kappa shape index (κ3) is 2.16. The Morgan fingerprint density at radius 2 is 1.50 bits per heavy atom. The normalized spacial score (nSPS) is 8.86. The van der Waals surface area contributed by atoms with Gasteiger partial charge in [-0.15, -0.1) is 0 Å². The summed E-state index contributed by atoms with van der Waals surface area (Å²) in [5, 5.41) is 1.23. The highest BCUT2D eigenvalue weighted by Gasteiger charge is 2.01. The van der Waals surface area contributed by atoms with Gasteiger partial charge in [-0.3, -0.25) is 0 Å². The van der Waals surface area contributed by atoms with Gasteiger partial charge in [0.2, 0.25) is 0 Å². The van der Waals surface area contributed by atoms with E-state index in [4.69, 9.17) is 4.42 Å². The van der Waals surface area contributed by atoms with Crippen molar-refractivity contribution < 1.29 is 4.42 Å². The molecular weight excluding hydrogens is 172 g/mol. The van der Waals surface area contributed by atoms with Crippen molar-refractivity contribution in [2.45, 2.75) is 35.1 Å². The molecule has 0 N–H and O–H groups in total. The maximum absolute atomic E-state index is 5.33. The van der Waals surface area contributed by atoms with Gasteiger partial charge in [0.05, 0.1) is 6.26 Å². The van der Waals surface area contributed by atoms with Crippen molar-refractivity contribution in [2.24, 2.45) is 0 Å². The maximum atomic E-state index is 5.33. The number of aryl methyl sites for hydroxylation is 2. The molecule has 0 aliphatic carbocycles. The molecule has 2 rings (SSSR count). The van der Waals surface area contributed by atoms with Crippen LogP contribution < -0.4 is 0 Å². The van der Waals surface area contributed by atoms with Crippen LogP contribution in [0.15, 0.2) is 28.9 Å². The van der Waals surface area contributed by atoms with Crippen LogP contribution in [0.2, 0.25) is 0 Å². The molecule has 1 nitrogen and oxygen atoms in total. The molecule has 0 amide bonds. The summed E-state index contributed by atoms with van der Waals surface area (Å²) in [5.74, 6) is 0. The highest BCUT2D eigenvalue weighted by molar-refractivity contribution is 5.83. The molecule has 0 saturated heterocycles. The molecule has 0 fully saturated rings. The van der Waals surface area contributed by atoms with Crippen LogP contribution >= 0.6 is 0 Å². The molecule has 78 valence electrons. The summed E-state index contributed by atoms with van der Waals surface area (Å²) in [6.07, 6.45) is 1.74. The van der Waals surface area contributed by atoms with Gasteiger partial charge in [-0.1, -0.05) is 33.4 Å². The molecule has 1 heteroatoms. The molecule has 0 aliphatic heterocycles. The van der Waals surface area contributed by atoms with Crippen LogP contribution in [0.5, 0.6) is 0 Å². The van der Waals surface area contributed by atoms with Gasteiger partial charge in [-0.05, 0) is 31.0 Å². The van der Waals surface area contributed by atoms with E-state index in [1.54, 1.807) is 6.26 Å².